The highest BCUT2D eigenvalue weighted by Crippen LogP contribution is 2.24. The standard InChI is InChI=1S/C18H19N5O5/c1-28-14-5-2-12(3-6-14)22-17(24)10-15(18(22)25)19-8-9-20-16-7-4-13(11-21-16)23(26)27/h2-7,11,15,19H,8-10H2,1H3,(H,20,21)/p+2/t15-/m1/s1. The van der Waals surface area contributed by atoms with Gasteiger partial charge in [-0.15, -0.1) is 0 Å². The molecule has 1 aliphatic rings. The zero-order valence-electron chi connectivity index (χ0n) is 15.3. The van der Waals surface area contributed by atoms with Crippen molar-refractivity contribution in [2.45, 2.75) is 12.5 Å². The van der Waals surface area contributed by atoms with Crippen molar-refractivity contribution in [1.29, 1.82) is 0 Å². The summed E-state index contributed by atoms with van der Waals surface area (Å²) in [5.74, 6) is 0.818. The van der Waals surface area contributed by atoms with Crippen molar-refractivity contribution in [2.24, 2.45) is 0 Å². The fraction of sp³-hybridized carbons (Fsp3) is 0.278. The molecule has 0 spiro atoms. The quantitative estimate of drug-likeness (QED) is 0.277. The highest BCUT2D eigenvalue weighted by atomic mass is 16.6. The number of nitrogens with one attached hydrogen (secondary N) is 2. The third kappa shape index (κ3) is 4.23. The summed E-state index contributed by atoms with van der Waals surface area (Å²) >= 11 is 0. The van der Waals surface area contributed by atoms with Gasteiger partial charge in [-0.3, -0.25) is 25.0 Å². The molecule has 1 aromatic carbocycles. The first kappa shape index (κ1) is 19.2. The van der Waals surface area contributed by atoms with E-state index in [1.54, 1.807) is 37.4 Å². The van der Waals surface area contributed by atoms with Crippen molar-refractivity contribution in [3.63, 3.8) is 0 Å². The summed E-state index contributed by atoms with van der Waals surface area (Å²) in [6.07, 6.45) is 1.45. The molecule has 0 saturated carbocycles. The van der Waals surface area contributed by atoms with E-state index in [0.717, 1.165) is 0 Å². The van der Waals surface area contributed by atoms with E-state index in [2.05, 4.69) is 10.3 Å². The Morgan fingerprint density at radius 3 is 2.64 bits per heavy atom. The molecule has 1 aliphatic heterocycles. The number of ether oxygens (including phenoxy) is 1. The second kappa shape index (κ2) is 8.44. The number of hydrogen-bond donors (Lipinski definition) is 2. The fourth-order valence-electron chi connectivity index (χ4n) is 2.97. The Morgan fingerprint density at radius 1 is 1.29 bits per heavy atom. The topological polar surface area (TPSA) is 133 Å². The van der Waals surface area contributed by atoms with E-state index in [-0.39, 0.29) is 23.9 Å². The third-order valence-corrected chi connectivity index (χ3v) is 4.43. The largest absolute Gasteiger partial charge is 0.497 e. The van der Waals surface area contributed by atoms with Gasteiger partial charge in [-0.05, 0) is 24.3 Å². The number of anilines is 2. The van der Waals surface area contributed by atoms with Gasteiger partial charge in [-0.25, -0.2) is 9.88 Å². The van der Waals surface area contributed by atoms with E-state index >= 15 is 0 Å². The number of aromatic nitrogens is 1. The van der Waals surface area contributed by atoms with Crippen LogP contribution in [0.3, 0.4) is 0 Å². The zero-order valence-corrected chi connectivity index (χ0v) is 15.3. The number of nitro groups is 1. The molecule has 2 amide bonds. The lowest BCUT2D eigenvalue weighted by Gasteiger charge is -2.14. The van der Waals surface area contributed by atoms with Crippen LogP contribution in [0.5, 0.6) is 5.75 Å². The van der Waals surface area contributed by atoms with Crippen molar-refractivity contribution in [3.05, 3.63) is 52.7 Å². The monoisotopic (exact) mass is 387 g/mol. The van der Waals surface area contributed by atoms with E-state index in [0.29, 0.717) is 30.3 Å². The number of imide groups is 1. The predicted octanol–water partition coefficient (Wildman–Crippen LogP) is -0.275. The predicted molar refractivity (Wildman–Crippen MR) is 98.8 cm³/mol. The Labute approximate surface area is 160 Å². The van der Waals surface area contributed by atoms with Crippen LogP contribution >= 0.6 is 0 Å². The van der Waals surface area contributed by atoms with Gasteiger partial charge >= 0.3 is 5.69 Å². The van der Waals surface area contributed by atoms with Crippen molar-refractivity contribution < 1.29 is 29.6 Å². The number of hydrogen-bond acceptors (Lipinski definition) is 6. The molecule has 10 nitrogen and oxygen atoms in total. The first-order chi connectivity index (χ1) is 13.5. The number of amides is 2. The van der Waals surface area contributed by atoms with E-state index in [4.69, 9.17) is 4.74 Å². The molecule has 146 valence electrons. The maximum Gasteiger partial charge on any atom is 0.308 e. The van der Waals surface area contributed by atoms with Crippen LogP contribution in [0.4, 0.5) is 17.2 Å². The number of H-pyrrole nitrogens is 1. The van der Waals surface area contributed by atoms with Crippen LogP contribution in [-0.2, 0) is 9.59 Å². The zero-order chi connectivity index (χ0) is 20.1. The molecule has 1 atom stereocenters. The number of nitrogens with two attached hydrogens (primary N) is 1. The van der Waals surface area contributed by atoms with Crippen molar-refractivity contribution in [3.8, 4) is 5.75 Å². The van der Waals surface area contributed by atoms with E-state index < -0.39 is 11.0 Å². The van der Waals surface area contributed by atoms with Crippen molar-refractivity contribution >= 4 is 29.0 Å². The summed E-state index contributed by atoms with van der Waals surface area (Å²) in [7, 11) is 1.55. The number of aromatic amines is 1. The van der Waals surface area contributed by atoms with Gasteiger partial charge in [0, 0.05) is 12.1 Å². The molecular formula is C18H21N5O5+2. The van der Waals surface area contributed by atoms with Gasteiger partial charge in [0.1, 0.15) is 18.8 Å². The number of methoxy groups -OCH3 is 1. The number of carbonyl (C=O) groups is 2. The van der Waals surface area contributed by atoms with Gasteiger partial charge in [-0.2, -0.15) is 0 Å². The third-order valence-electron chi connectivity index (χ3n) is 4.43. The minimum atomic E-state index is -0.481. The molecule has 2 aromatic rings. The summed E-state index contributed by atoms with van der Waals surface area (Å²) in [5, 5.41) is 15.5. The van der Waals surface area contributed by atoms with Crippen LogP contribution < -0.4 is 25.3 Å². The molecular weight excluding hydrogens is 366 g/mol. The maximum atomic E-state index is 12.6. The highest BCUT2D eigenvalue weighted by Gasteiger charge is 2.42. The molecule has 0 radical (unpaired) electrons. The van der Waals surface area contributed by atoms with Crippen LogP contribution in [0.15, 0.2) is 42.6 Å². The fourth-order valence-corrected chi connectivity index (χ4v) is 2.97. The van der Waals surface area contributed by atoms with Crippen LogP contribution in [0.1, 0.15) is 6.42 Å². The summed E-state index contributed by atoms with van der Waals surface area (Å²) in [5.41, 5.74) is 0.510. The van der Waals surface area contributed by atoms with Crippen molar-refractivity contribution in [2.75, 3.05) is 30.4 Å². The normalized spacial score (nSPS) is 16.3. The number of benzene rings is 1. The Kier molecular flexibility index (Phi) is 5.80. The Bertz CT molecular complexity index is 869. The average Bonchev–Trinajstić information content (AvgIpc) is 2.99. The molecule has 4 N–H and O–H groups in total. The van der Waals surface area contributed by atoms with Gasteiger partial charge in [0.25, 0.3) is 11.7 Å². The van der Waals surface area contributed by atoms with Crippen LogP contribution in [0.25, 0.3) is 0 Å². The summed E-state index contributed by atoms with van der Waals surface area (Å²) in [6.45, 7) is 1.08. The van der Waals surface area contributed by atoms with Crippen molar-refractivity contribution in [1.82, 2.24) is 0 Å². The Balaban J connectivity index is 1.50. The summed E-state index contributed by atoms with van der Waals surface area (Å²) in [6, 6.07) is 9.29. The first-order valence-corrected chi connectivity index (χ1v) is 8.74. The lowest BCUT2D eigenvalue weighted by atomic mass is 10.2. The smallest absolute Gasteiger partial charge is 0.308 e. The molecule has 10 heteroatoms. The molecule has 1 saturated heterocycles. The second-order valence-electron chi connectivity index (χ2n) is 6.24. The van der Waals surface area contributed by atoms with E-state index in [9.17, 15) is 19.7 Å². The molecule has 1 aromatic heterocycles. The number of pyridine rings is 1. The maximum absolute atomic E-state index is 12.6. The molecule has 0 unspecified atom stereocenters. The van der Waals surface area contributed by atoms with Crippen LogP contribution in [0.2, 0.25) is 0 Å². The molecule has 0 aliphatic carbocycles. The molecule has 28 heavy (non-hydrogen) atoms. The highest BCUT2D eigenvalue weighted by molar-refractivity contribution is 6.21. The first-order valence-electron chi connectivity index (χ1n) is 8.74. The number of rotatable bonds is 8. The summed E-state index contributed by atoms with van der Waals surface area (Å²) in [4.78, 5) is 39.0. The van der Waals surface area contributed by atoms with E-state index in [1.165, 1.54) is 17.2 Å². The van der Waals surface area contributed by atoms with Gasteiger partial charge in [0.15, 0.2) is 12.2 Å². The minimum Gasteiger partial charge on any atom is -0.497 e. The average molecular weight is 387 g/mol. The lowest BCUT2D eigenvalue weighted by Crippen LogP contribution is -2.92. The SMILES string of the molecule is COc1ccc(N2C(=O)C[C@@H]([NH2+]CCNc3ccc([N+](=O)[O-])c[nH+]3)C2=O)cc1. The van der Waals surface area contributed by atoms with Gasteiger partial charge in [0.2, 0.25) is 5.91 Å². The van der Waals surface area contributed by atoms with Gasteiger partial charge in [-0.1, -0.05) is 0 Å². The number of carbonyl (C=O) groups excluding carboxylic acids is 2. The van der Waals surface area contributed by atoms with Crippen LogP contribution in [0, 0.1) is 10.1 Å². The van der Waals surface area contributed by atoms with E-state index in [1.807, 2.05) is 5.32 Å². The second-order valence-corrected chi connectivity index (χ2v) is 6.24. The van der Waals surface area contributed by atoms with Gasteiger partial charge in [0.05, 0.1) is 24.1 Å². The Morgan fingerprint density at radius 2 is 2.04 bits per heavy atom. The Hall–Kier alpha value is -3.53. The molecule has 3 rings (SSSR count). The van der Waals surface area contributed by atoms with Gasteiger partial charge < -0.3 is 10.1 Å². The molecule has 0 bridgehead atoms. The summed E-state index contributed by atoms with van der Waals surface area (Å²) < 4.78 is 5.09. The number of quaternary nitrogens is 1. The number of nitrogens with zero attached hydrogens (tertiary/aromatic N) is 2. The lowest BCUT2D eigenvalue weighted by molar-refractivity contribution is -0.672. The molecule has 2 heterocycles. The minimum absolute atomic E-state index is 0.0224. The van der Waals surface area contributed by atoms with Crippen LogP contribution in [-0.4, -0.2) is 43.0 Å². The molecule has 1 fully saturated rings.